The summed E-state index contributed by atoms with van der Waals surface area (Å²) in [4.78, 5) is 14.3. The van der Waals surface area contributed by atoms with Crippen LogP contribution in [0, 0.1) is 11.3 Å². The molecule has 0 saturated heterocycles. The molecule has 0 atom stereocenters. The topological polar surface area (TPSA) is 52.9 Å². The number of carbonyl (C=O) groups is 1. The van der Waals surface area contributed by atoms with E-state index in [1.807, 2.05) is 48.7 Å². The summed E-state index contributed by atoms with van der Waals surface area (Å²) in [6, 6.07) is 17.1. The average molecular weight is 314 g/mol. The number of carbonyl (C=O) groups excluding carboxylic acids is 1. The third kappa shape index (κ3) is 4.28. The van der Waals surface area contributed by atoms with Gasteiger partial charge in [0.25, 0.3) is 5.91 Å². The highest BCUT2D eigenvalue weighted by Crippen LogP contribution is 2.24. The summed E-state index contributed by atoms with van der Waals surface area (Å²) in [6.07, 6.45) is 1.99. The maximum absolute atomic E-state index is 12.4. The molecule has 2 aromatic carbocycles. The molecule has 0 saturated carbocycles. The Bertz CT molecular complexity index is 680. The van der Waals surface area contributed by atoms with Gasteiger partial charge in [0.15, 0.2) is 0 Å². The number of nitriles is 1. The van der Waals surface area contributed by atoms with Crippen molar-refractivity contribution in [1.29, 1.82) is 5.26 Å². The Morgan fingerprint density at radius 1 is 1.24 bits per heavy atom. The summed E-state index contributed by atoms with van der Waals surface area (Å²) in [5.41, 5.74) is 1.36. The fraction of sp³-hybridized carbons (Fsp3) is 0.125. The first-order chi connectivity index (χ1) is 10.2. The fourth-order valence-electron chi connectivity index (χ4n) is 1.79. The van der Waals surface area contributed by atoms with E-state index >= 15 is 0 Å². The Hall–Kier alpha value is -1.90. The van der Waals surface area contributed by atoms with Crippen LogP contribution in [0.2, 0.25) is 0 Å². The molecule has 2 rings (SSSR count). The van der Waals surface area contributed by atoms with Crippen molar-refractivity contribution in [2.75, 3.05) is 17.3 Å². The Labute approximate surface area is 132 Å². The lowest BCUT2D eigenvalue weighted by atomic mass is 10.2. The highest BCUT2D eigenvalue weighted by molar-refractivity contribution is 7.99. The number of benzene rings is 2. The van der Waals surface area contributed by atoms with Crippen molar-refractivity contribution in [2.45, 2.75) is 9.79 Å². The van der Waals surface area contributed by atoms with E-state index in [9.17, 15) is 4.79 Å². The van der Waals surface area contributed by atoms with Crippen molar-refractivity contribution in [2.24, 2.45) is 0 Å². The monoisotopic (exact) mass is 314 g/mol. The minimum absolute atomic E-state index is 0.158. The average Bonchev–Trinajstić information content (AvgIpc) is 2.53. The van der Waals surface area contributed by atoms with Crippen molar-refractivity contribution in [3.05, 3.63) is 54.1 Å². The first kappa shape index (κ1) is 15.5. The maximum Gasteiger partial charge on any atom is 0.256 e. The Kier molecular flexibility index (Phi) is 5.73. The van der Waals surface area contributed by atoms with Gasteiger partial charge in [0, 0.05) is 15.5 Å². The normalized spacial score (nSPS) is 9.90. The third-order valence-corrected chi connectivity index (χ3v) is 4.42. The molecule has 3 nitrogen and oxygen atoms in total. The molecule has 0 spiro atoms. The first-order valence-electron chi connectivity index (χ1n) is 6.29. The van der Waals surface area contributed by atoms with Crippen LogP contribution < -0.4 is 5.32 Å². The lowest BCUT2D eigenvalue weighted by Crippen LogP contribution is -2.13. The van der Waals surface area contributed by atoms with Crippen LogP contribution >= 0.6 is 23.5 Å². The minimum Gasteiger partial charge on any atom is -0.322 e. The van der Waals surface area contributed by atoms with Crippen LogP contribution in [0.15, 0.2) is 58.3 Å². The van der Waals surface area contributed by atoms with E-state index in [0.29, 0.717) is 11.3 Å². The van der Waals surface area contributed by atoms with E-state index < -0.39 is 0 Å². The van der Waals surface area contributed by atoms with Gasteiger partial charge >= 0.3 is 0 Å². The van der Waals surface area contributed by atoms with Gasteiger partial charge in [-0.15, -0.1) is 23.5 Å². The SMILES string of the molecule is CSc1cccc(NC(=O)c2ccccc2SCC#N)c1. The molecule has 2 aromatic rings. The molecular weight excluding hydrogens is 300 g/mol. The van der Waals surface area contributed by atoms with Crippen molar-refractivity contribution in [3.8, 4) is 6.07 Å². The lowest BCUT2D eigenvalue weighted by Gasteiger charge is -2.09. The van der Waals surface area contributed by atoms with Gasteiger partial charge < -0.3 is 5.32 Å². The van der Waals surface area contributed by atoms with Crippen LogP contribution in [-0.4, -0.2) is 17.9 Å². The molecule has 1 amide bonds. The summed E-state index contributed by atoms with van der Waals surface area (Å²) < 4.78 is 0. The zero-order valence-electron chi connectivity index (χ0n) is 11.5. The molecule has 0 radical (unpaired) electrons. The van der Waals surface area contributed by atoms with Gasteiger partial charge in [-0.1, -0.05) is 18.2 Å². The van der Waals surface area contributed by atoms with Gasteiger partial charge in [-0.3, -0.25) is 4.79 Å². The highest BCUT2D eigenvalue weighted by Gasteiger charge is 2.11. The van der Waals surface area contributed by atoms with Crippen molar-refractivity contribution >= 4 is 35.1 Å². The number of hydrogen-bond donors (Lipinski definition) is 1. The molecule has 0 heterocycles. The van der Waals surface area contributed by atoms with Gasteiger partial charge in [-0.25, -0.2) is 0 Å². The Morgan fingerprint density at radius 2 is 2.05 bits per heavy atom. The number of hydrogen-bond acceptors (Lipinski definition) is 4. The fourth-order valence-corrected chi connectivity index (χ4v) is 2.96. The highest BCUT2D eigenvalue weighted by atomic mass is 32.2. The van der Waals surface area contributed by atoms with E-state index in [1.54, 1.807) is 17.8 Å². The molecule has 0 aliphatic heterocycles. The summed E-state index contributed by atoms with van der Waals surface area (Å²) >= 11 is 3.00. The van der Waals surface area contributed by atoms with E-state index in [4.69, 9.17) is 5.26 Å². The molecule has 0 aliphatic rings. The Morgan fingerprint density at radius 3 is 2.81 bits per heavy atom. The molecule has 21 heavy (non-hydrogen) atoms. The molecule has 1 N–H and O–H groups in total. The van der Waals surface area contributed by atoms with Crippen LogP contribution in [0.25, 0.3) is 0 Å². The molecule has 0 unspecified atom stereocenters. The van der Waals surface area contributed by atoms with Crippen molar-refractivity contribution in [3.63, 3.8) is 0 Å². The van der Waals surface area contributed by atoms with Crippen LogP contribution in [0.4, 0.5) is 5.69 Å². The number of rotatable bonds is 5. The van der Waals surface area contributed by atoms with Crippen molar-refractivity contribution < 1.29 is 4.79 Å². The number of nitrogens with one attached hydrogen (secondary N) is 1. The second-order valence-corrected chi connectivity index (χ2v) is 6.03. The third-order valence-electron chi connectivity index (χ3n) is 2.75. The molecule has 0 aliphatic carbocycles. The minimum atomic E-state index is -0.158. The Balaban J connectivity index is 2.18. The standard InChI is InChI=1S/C16H14N2OS2/c1-20-13-6-4-5-12(11-13)18-16(19)14-7-2-3-8-15(14)21-10-9-17/h2-8,11H,10H2,1H3,(H,18,19). The number of amides is 1. The largest absolute Gasteiger partial charge is 0.322 e. The van der Waals surface area contributed by atoms with Gasteiger partial charge in [-0.2, -0.15) is 5.26 Å². The summed E-state index contributed by atoms with van der Waals surface area (Å²) in [5, 5.41) is 11.6. The second-order valence-electron chi connectivity index (χ2n) is 4.13. The van der Waals surface area contributed by atoms with Gasteiger partial charge in [0.2, 0.25) is 0 Å². The predicted molar refractivity (Wildman–Crippen MR) is 89.0 cm³/mol. The zero-order chi connectivity index (χ0) is 15.1. The molecule has 0 aromatic heterocycles. The van der Waals surface area contributed by atoms with Gasteiger partial charge in [0.1, 0.15) is 0 Å². The van der Waals surface area contributed by atoms with Gasteiger partial charge in [-0.05, 0) is 36.6 Å². The second kappa shape index (κ2) is 7.77. The molecule has 0 fully saturated rings. The molecule has 106 valence electrons. The van der Waals surface area contributed by atoms with E-state index in [1.165, 1.54) is 11.8 Å². The summed E-state index contributed by atoms with van der Waals surface area (Å²) in [7, 11) is 0. The summed E-state index contributed by atoms with van der Waals surface area (Å²) in [6.45, 7) is 0. The lowest BCUT2D eigenvalue weighted by molar-refractivity contribution is 0.102. The van der Waals surface area contributed by atoms with Crippen LogP contribution in [0.1, 0.15) is 10.4 Å². The van der Waals surface area contributed by atoms with E-state index in [2.05, 4.69) is 11.4 Å². The number of anilines is 1. The quantitative estimate of drug-likeness (QED) is 0.837. The smallest absolute Gasteiger partial charge is 0.256 e. The molecule has 0 bridgehead atoms. The van der Waals surface area contributed by atoms with Crippen LogP contribution in [0.5, 0.6) is 0 Å². The maximum atomic E-state index is 12.4. The van der Waals surface area contributed by atoms with Crippen LogP contribution in [-0.2, 0) is 0 Å². The number of nitrogens with zero attached hydrogens (tertiary/aromatic N) is 1. The van der Waals surface area contributed by atoms with E-state index in [-0.39, 0.29) is 5.91 Å². The molecule has 5 heteroatoms. The first-order valence-corrected chi connectivity index (χ1v) is 8.50. The summed E-state index contributed by atoms with van der Waals surface area (Å²) in [5.74, 6) is 0.168. The zero-order valence-corrected chi connectivity index (χ0v) is 13.1. The van der Waals surface area contributed by atoms with Crippen molar-refractivity contribution in [1.82, 2.24) is 0 Å². The van der Waals surface area contributed by atoms with Gasteiger partial charge in [0.05, 0.1) is 17.4 Å². The number of thioether (sulfide) groups is 2. The molecular formula is C16H14N2OS2. The van der Waals surface area contributed by atoms with E-state index in [0.717, 1.165) is 15.5 Å². The van der Waals surface area contributed by atoms with Crippen LogP contribution in [0.3, 0.4) is 0 Å². The predicted octanol–water partition coefficient (Wildman–Crippen LogP) is 4.28.